The van der Waals surface area contributed by atoms with Crippen LogP contribution in [0, 0.1) is 0 Å². The molecule has 10 heavy (non-hydrogen) atoms. The lowest BCUT2D eigenvalue weighted by Crippen LogP contribution is -1.74. The Labute approximate surface area is 61.5 Å². The number of hydrogen-bond donors (Lipinski definition) is 1. The molecule has 1 rings (SSSR count). The van der Waals surface area contributed by atoms with Gasteiger partial charge in [0.1, 0.15) is 0 Å². The third kappa shape index (κ3) is 2.40. The van der Waals surface area contributed by atoms with Gasteiger partial charge in [0.15, 0.2) is 5.76 Å². The van der Waals surface area contributed by atoms with E-state index in [-0.39, 0.29) is 0 Å². The first-order valence-electron chi connectivity index (χ1n) is 3.89. The summed E-state index contributed by atoms with van der Waals surface area (Å²) in [6, 6.07) is 0. The molecule has 2 nitrogen and oxygen atoms in total. The van der Waals surface area contributed by atoms with Crippen LogP contribution in [0.3, 0.4) is 0 Å². The molecule has 1 atom stereocenters. The fourth-order valence-electron chi connectivity index (χ4n) is 0.882. The van der Waals surface area contributed by atoms with Gasteiger partial charge in [0.2, 0.25) is 0 Å². The molecule has 1 N–H and O–H groups in total. The number of epoxide rings is 1. The van der Waals surface area contributed by atoms with Gasteiger partial charge in [-0.1, -0.05) is 19.8 Å². The molecule has 1 aliphatic heterocycles. The topological polar surface area (TPSA) is 32.8 Å². The monoisotopic (exact) mass is 142 g/mol. The van der Waals surface area contributed by atoms with E-state index < -0.39 is 6.29 Å². The Morgan fingerprint density at radius 3 is 2.80 bits per heavy atom. The molecule has 0 aliphatic carbocycles. The highest BCUT2D eigenvalue weighted by atomic mass is 16.7. The zero-order valence-corrected chi connectivity index (χ0v) is 6.34. The summed E-state index contributed by atoms with van der Waals surface area (Å²) >= 11 is 0. The van der Waals surface area contributed by atoms with E-state index in [1.54, 1.807) is 0 Å². The van der Waals surface area contributed by atoms with Crippen LogP contribution in [0.15, 0.2) is 11.8 Å². The van der Waals surface area contributed by atoms with Gasteiger partial charge < -0.3 is 9.84 Å². The van der Waals surface area contributed by atoms with E-state index in [1.165, 1.54) is 19.3 Å². The van der Waals surface area contributed by atoms with Crippen LogP contribution in [0.25, 0.3) is 0 Å². The zero-order chi connectivity index (χ0) is 7.40. The lowest BCUT2D eigenvalue weighted by atomic mass is 10.2. The summed E-state index contributed by atoms with van der Waals surface area (Å²) in [5.74, 6) is 0.760. The summed E-state index contributed by atoms with van der Waals surface area (Å²) in [4.78, 5) is 0. The van der Waals surface area contributed by atoms with Crippen LogP contribution in [0.4, 0.5) is 0 Å². The number of hydrogen-bond acceptors (Lipinski definition) is 2. The summed E-state index contributed by atoms with van der Waals surface area (Å²) in [7, 11) is 0. The van der Waals surface area contributed by atoms with Crippen molar-refractivity contribution in [1.82, 2.24) is 0 Å². The molecule has 2 heteroatoms. The number of aliphatic hydroxyl groups is 1. The first kappa shape index (κ1) is 7.61. The average Bonchev–Trinajstić information content (AvgIpc) is 2.60. The van der Waals surface area contributed by atoms with Gasteiger partial charge in [0.25, 0.3) is 6.29 Å². The second-order valence-electron chi connectivity index (χ2n) is 2.57. The quantitative estimate of drug-likeness (QED) is 0.479. The van der Waals surface area contributed by atoms with E-state index in [4.69, 9.17) is 9.84 Å². The lowest BCUT2D eigenvalue weighted by molar-refractivity contribution is 0.156. The molecule has 0 saturated carbocycles. The first-order chi connectivity index (χ1) is 4.84. The van der Waals surface area contributed by atoms with Crippen LogP contribution >= 0.6 is 0 Å². The fraction of sp³-hybridized carbons (Fsp3) is 0.750. The van der Waals surface area contributed by atoms with Crippen LogP contribution in [-0.4, -0.2) is 11.4 Å². The van der Waals surface area contributed by atoms with Crippen LogP contribution in [0.1, 0.15) is 32.6 Å². The van der Waals surface area contributed by atoms with Crippen LogP contribution in [0.2, 0.25) is 0 Å². The number of rotatable bonds is 4. The van der Waals surface area contributed by atoms with Crippen molar-refractivity contribution in [2.24, 2.45) is 0 Å². The van der Waals surface area contributed by atoms with Gasteiger partial charge in [-0.05, 0) is 18.9 Å². The Balaban J connectivity index is 1.95. The van der Waals surface area contributed by atoms with Gasteiger partial charge in [-0.25, -0.2) is 0 Å². The van der Waals surface area contributed by atoms with Gasteiger partial charge in [-0.15, -0.1) is 0 Å². The molecule has 1 heterocycles. The van der Waals surface area contributed by atoms with Crippen molar-refractivity contribution in [3.05, 3.63) is 11.8 Å². The molecule has 1 aliphatic rings. The van der Waals surface area contributed by atoms with Gasteiger partial charge in [-0.2, -0.15) is 0 Å². The zero-order valence-electron chi connectivity index (χ0n) is 6.34. The minimum atomic E-state index is -0.568. The molecule has 0 aromatic heterocycles. The molecule has 1 fully saturated rings. The van der Waals surface area contributed by atoms with E-state index in [0.29, 0.717) is 0 Å². The highest BCUT2D eigenvalue weighted by molar-refractivity contribution is 5.07. The Hall–Kier alpha value is -0.500. The second kappa shape index (κ2) is 3.62. The Morgan fingerprint density at radius 1 is 1.60 bits per heavy atom. The van der Waals surface area contributed by atoms with Crippen molar-refractivity contribution >= 4 is 0 Å². The van der Waals surface area contributed by atoms with Crippen LogP contribution in [0.5, 0.6) is 0 Å². The minimum absolute atomic E-state index is 0.568. The Kier molecular flexibility index (Phi) is 2.75. The second-order valence-corrected chi connectivity index (χ2v) is 2.57. The number of unbranched alkanes of at least 4 members (excludes halogenated alkanes) is 3. The molecular formula is C8H14O2. The average molecular weight is 142 g/mol. The van der Waals surface area contributed by atoms with Gasteiger partial charge in [-0.3, -0.25) is 0 Å². The number of allylic oxidation sites excluding steroid dienone is 1. The molecule has 1 unspecified atom stereocenters. The fourth-order valence-corrected chi connectivity index (χ4v) is 0.882. The van der Waals surface area contributed by atoms with Crippen molar-refractivity contribution < 1.29 is 9.84 Å². The van der Waals surface area contributed by atoms with Crippen molar-refractivity contribution in [2.45, 2.75) is 38.9 Å². The maximum Gasteiger partial charge on any atom is 0.255 e. The maximum atomic E-state index is 8.69. The molecular weight excluding hydrogens is 128 g/mol. The summed E-state index contributed by atoms with van der Waals surface area (Å²) in [6.45, 7) is 2.18. The molecule has 0 spiro atoms. The lowest BCUT2D eigenvalue weighted by Gasteiger charge is -1.88. The SMILES string of the molecule is CCCCCC=C1OC1O. The summed E-state index contributed by atoms with van der Waals surface area (Å²) in [5.41, 5.74) is 0. The van der Waals surface area contributed by atoms with E-state index in [9.17, 15) is 0 Å². The first-order valence-corrected chi connectivity index (χ1v) is 3.89. The molecule has 0 radical (unpaired) electrons. The normalized spacial score (nSPS) is 26.6. The predicted molar refractivity (Wildman–Crippen MR) is 39.3 cm³/mol. The van der Waals surface area contributed by atoms with E-state index in [2.05, 4.69) is 6.92 Å². The van der Waals surface area contributed by atoms with Crippen molar-refractivity contribution in [2.75, 3.05) is 0 Å². The molecule has 0 amide bonds. The summed E-state index contributed by atoms with van der Waals surface area (Å²) < 4.78 is 4.71. The van der Waals surface area contributed by atoms with Crippen LogP contribution < -0.4 is 0 Å². The maximum absolute atomic E-state index is 8.69. The molecule has 0 aromatic carbocycles. The van der Waals surface area contributed by atoms with Crippen LogP contribution in [-0.2, 0) is 4.74 Å². The molecule has 0 aromatic rings. The highest BCUT2D eigenvalue weighted by Gasteiger charge is 2.28. The van der Waals surface area contributed by atoms with E-state index in [1.807, 2.05) is 6.08 Å². The summed E-state index contributed by atoms with van der Waals surface area (Å²) in [6.07, 6.45) is 6.16. The summed E-state index contributed by atoms with van der Waals surface area (Å²) in [5, 5.41) is 8.69. The Bertz CT molecular complexity index is 129. The van der Waals surface area contributed by atoms with Crippen molar-refractivity contribution in [1.29, 1.82) is 0 Å². The smallest absolute Gasteiger partial charge is 0.255 e. The van der Waals surface area contributed by atoms with Gasteiger partial charge in [0, 0.05) is 0 Å². The minimum Gasteiger partial charge on any atom is -0.455 e. The van der Waals surface area contributed by atoms with E-state index in [0.717, 1.165) is 12.2 Å². The van der Waals surface area contributed by atoms with Crippen molar-refractivity contribution in [3.8, 4) is 0 Å². The number of ether oxygens (including phenoxy) is 1. The Morgan fingerprint density at radius 2 is 2.30 bits per heavy atom. The highest BCUT2D eigenvalue weighted by Crippen LogP contribution is 2.24. The number of aliphatic hydroxyl groups excluding tert-OH is 1. The van der Waals surface area contributed by atoms with E-state index >= 15 is 0 Å². The molecule has 58 valence electrons. The third-order valence-corrected chi connectivity index (χ3v) is 1.59. The molecule has 1 saturated heterocycles. The third-order valence-electron chi connectivity index (χ3n) is 1.59. The van der Waals surface area contributed by atoms with Crippen molar-refractivity contribution in [3.63, 3.8) is 0 Å². The van der Waals surface area contributed by atoms with Gasteiger partial charge in [0.05, 0.1) is 0 Å². The largest absolute Gasteiger partial charge is 0.455 e. The molecule has 0 bridgehead atoms. The predicted octanol–water partition coefficient (Wildman–Crippen LogP) is 1.80. The van der Waals surface area contributed by atoms with Gasteiger partial charge >= 0.3 is 0 Å². The standard InChI is InChI=1S/C8H14O2/c1-2-3-4-5-6-7-8(9)10-7/h6,8-9H,2-5H2,1H3.